The molecule has 1 unspecified atom stereocenters. The van der Waals surface area contributed by atoms with Crippen LogP contribution in [0.25, 0.3) is 10.9 Å². The van der Waals surface area contributed by atoms with Crippen LogP contribution in [-0.4, -0.2) is 30.5 Å². The molecule has 2 heterocycles. The van der Waals surface area contributed by atoms with Gasteiger partial charge in [0, 0.05) is 30.1 Å². The monoisotopic (exact) mass is 303 g/mol. The van der Waals surface area contributed by atoms with Crippen LogP contribution >= 0.6 is 0 Å². The predicted octanol–water partition coefficient (Wildman–Crippen LogP) is 2.36. The van der Waals surface area contributed by atoms with Gasteiger partial charge in [-0.2, -0.15) is 0 Å². The molecule has 0 radical (unpaired) electrons. The van der Waals surface area contributed by atoms with Gasteiger partial charge in [-0.05, 0) is 62.0 Å². The fourth-order valence-electron chi connectivity index (χ4n) is 3.09. The summed E-state index contributed by atoms with van der Waals surface area (Å²) in [6, 6.07) is 4.74. The zero-order valence-electron chi connectivity index (χ0n) is 12.6. The van der Waals surface area contributed by atoms with Crippen LogP contribution in [0.1, 0.15) is 24.8 Å². The van der Waals surface area contributed by atoms with Crippen LogP contribution in [0, 0.1) is 11.7 Å². The minimum absolute atomic E-state index is 0.123. The topological polar surface area (TPSA) is 56.9 Å². The number of benzene rings is 1. The van der Waals surface area contributed by atoms with Gasteiger partial charge in [-0.1, -0.05) is 0 Å². The van der Waals surface area contributed by atoms with Crippen LogP contribution in [0.3, 0.4) is 0 Å². The molecule has 3 rings (SSSR count). The first-order valence-corrected chi connectivity index (χ1v) is 7.95. The molecule has 4 nitrogen and oxygen atoms in total. The Labute approximate surface area is 129 Å². The van der Waals surface area contributed by atoms with Crippen molar-refractivity contribution in [3.63, 3.8) is 0 Å². The van der Waals surface area contributed by atoms with E-state index in [1.165, 1.54) is 18.6 Å². The second-order valence-electron chi connectivity index (χ2n) is 6.00. The predicted molar refractivity (Wildman–Crippen MR) is 85.2 cm³/mol. The summed E-state index contributed by atoms with van der Waals surface area (Å²) >= 11 is 0. The van der Waals surface area contributed by atoms with Crippen LogP contribution < -0.4 is 10.6 Å². The Morgan fingerprint density at radius 3 is 3.14 bits per heavy atom. The number of halogens is 1. The zero-order chi connectivity index (χ0) is 15.4. The third-order valence-corrected chi connectivity index (χ3v) is 4.39. The quantitative estimate of drug-likeness (QED) is 0.767. The molecule has 1 saturated heterocycles. The number of fused-ring (bicyclic) bond motifs is 1. The van der Waals surface area contributed by atoms with Gasteiger partial charge in [0.15, 0.2) is 0 Å². The zero-order valence-corrected chi connectivity index (χ0v) is 12.6. The van der Waals surface area contributed by atoms with Crippen molar-refractivity contribution >= 4 is 16.8 Å². The summed E-state index contributed by atoms with van der Waals surface area (Å²) in [5, 5.41) is 7.31. The fraction of sp³-hybridized carbons (Fsp3) is 0.471. The van der Waals surface area contributed by atoms with Crippen LogP contribution in [0.5, 0.6) is 0 Å². The number of hydrogen-bond donors (Lipinski definition) is 3. The number of aromatic amines is 1. The van der Waals surface area contributed by atoms with E-state index in [4.69, 9.17) is 0 Å². The number of carbonyl (C=O) groups excluding carboxylic acids is 1. The van der Waals surface area contributed by atoms with Gasteiger partial charge in [0.2, 0.25) is 5.91 Å². The Morgan fingerprint density at radius 1 is 1.41 bits per heavy atom. The van der Waals surface area contributed by atoms with Crippen molar-refractivity contribution in [3.05, 3.63) is 35.8 Å². The van der Waals surface area contributed by atoms with Gasteiger partial charge < -0.3 is 15.6 Å². The second kappa shape index (κ2) is 6.92. The lowest BCUT2D eigenvalue weighted by Crippen LogP contribution is -2.26. The molecule has 1 aromatic heterocycles. The summed E-state index contributed by atoms with van der Waals surface area (Å²) in [4.78, 5) is 14.9. The van der Waals surface area contributed by atoms with E-state index in [2.05, 4.69) is 15.6 Å². The first-order chi connectivity index (χ1) is 10.7. The Kier molecular flexibility index (Phi) is 4.73. The molecule has 3 N–H and O–H groups in total. The molecule has 1 atom stereocenters. The van der Waals surface area contributed by atoms with Crippen molar-refractivity contribution in [1.82, 2.24) is 15.6 Å². The number of aromatic nitrogens is 1. The lowest BCUT2D eigenvalue weighted by molar-refractivity contribution is -0.121. The minimum atomic E-state index is -0.240. The highest BCUT2D eigenvalue weighted by atomic mass is 19.1. The van der Waals surface area contributed by atoms with Crippen LogP contribution in [0.15, 0.2) is 24.4 Å². The number of nitrogens with one attached hydrogen (secondary N) is 3. The molecule has 1 aromatic carbocycles. The van der Waals surface area contributed by atoms with E-state index in [1.807, 2.05) is 6.20 Å². The van der Waals surface area contributed by atoms with E-state index < -0.39 is 0 Å². The molecule has 1 amide bonds. The molecule has 1 aliphatic rings. The second-order valence-corrected chi connectivity index (χ2v) is 6.00. The largest absolute Gasteiger partial charge is 0.361 e. The lowest BCUT2D eigenvalue weighted by atomic mass is 10.0. The lowest BCUT2D eigenvalue weighted by Gasteiger charge is -2.08. The Bertz CT molecular complexity index is 646. The highest BCUT2D eigenvalue weighted by Gasteiger charge is 2.15. The molecule has 5 heteroatoms. The van der Waals surface area contributed by atoms with Gasteiger partial charge in [0.1, 0.15) is 5.82 Å². The Hall–Kier alpha value is -1.88. The molecule has 0 bridgehead atoms. The van der Waals surface area contributed by atoms with E-state index in [9.17, 15) is 9.18 Å². The first-order valence-electron chi connectivity index (χ1n) is 7.95. The van der Waals surface area contributed by atoms with Crippen molar-refractivity contribution in [2.45, 2.75) is 25.7 Å². The van der Waals surface area contributed by atoms with Crippen molar-refractivity contribution in [2.75, 3.05) is 19.6 Å². The Balaban J connectivity index is 1.44. The summed E-state index contributed by atoms with van der Waals surface area (Å²) in [5.41, 5.74) is 1.91. The highest BCUT2D eigenvalue weighted by Crippen LogP contribution is 2.19. The Morgan fingerprint density at radius 2 is 2.32 bits per heavy atom. The number of carbonyl (C=O) groups is 1. The van der Waals surface area contributed by atoms with Crippen LogP contribution in [0.2, 0.25) is 0 Å². The fourth-order valence-corrected chi connectivity index (χ4v) is 3.09. The van der Waals surface area contributed by atoms with E-state index in [0.717, 1.165) is 42.4 Å². The van der Waals surface area contributed by atoms with Gasteiger partial charge in [0.25, 0.3) is 0 Å². The molecule has 0 aliphatic carbocycles. The average Bonchev–Trinajstić information content (AvgIpc) is 3.15. The van der Waals surface area contributed by atoms with Gasteiger partial charge in [-0.3, -0.25) is 4.79 Å². The molecule has 1 aliphatic heterocycles. The molecular formula is C17H22FN3O. The number of rotatable bonds is 6. The highest BCUT2D eigenvalue weighted by molar-refractivity contribution is 5.83. The standard InChI is InChI=1S/C17H22FN3O/c18-14-2-3-15-13(11-21-16(15)9-14)6-8-20-17(22)4-1-12-5-7-19-10-12/h2-3,9,11-12,19,21H,1,4-8,10H2,(H,20,22). The van der Waals surface area contributed by atoms with Gasteiger partial charge in [-0.15, -0.1) is 0 Å². The minimum Gasteiger partial charge on any atom is -0.361 e. The molecule has 22 heavy (non-hydrogen) atoms. The van der Waals surface area contributed by atoms with Crippen molar-refractivity contribution in [2.24, 2.45) is 5.92 Å². The number of hydrogen-bond acceptors (Lipinski definition) is 2. The van der Waals surface area contributed by atoms with E-state index in [1.54, 1.807) is 6.07 Å². The summed E-state index contributed by atoms with van der Waals surface area (Å²) in [7, 11) is 0. The summed E-state index contributed by atoms with van der Waals surface area (Å²) in [6.45, 7) is 2.73. The molecule has 0 saturated carbocycles. The molecule has 2 aromatic rings. The maximum Gasteiger partial charge on any atom is 0.220 e. The summed E-state index contributed by atoms with van der Waals surface area (Å²) < 4.78 is 13.1. The third kappa shape index (κ3) is 3.65. The number of H-pyrrole nitrogens is 1. The van der Waals surface area contributed by atoms with Gasteiger partial charge in [0.05, 0.1) is 0 Å². The summed E-state index contributed by atoms with van der Waals surface area (Å²) in [5.74, 6) is 0.530. The molecule has 0 spiro atoms. The summed E-state index contributed by atoms with van der Waals surface area (Å²) in [6.07, 6.45) is 5.39. The van der Waals surface area contributed by atoms with Crippen molar-refractivity contribution < 1.29 is 9.18 Å². The van der Waals surface area contributed by atoms with Crippen LogP contribution in [0.4, 0.5) is 4.39 Å². The van der Waals surface area contributed by atoms with Gasteiger partial charge in [-0.25, -0.2) is 4.39 Å². The number of amides is 1. The van der Waals surface area contributed by atoms with Gasteiger partial charge >= 0.3 is 0 Å². The normalized spacial score (nSPS) is 18.0. The molecule has 118 valence electrons. The molecular weight excluding hydrogens is 281 g/mol. The van der Waals surface area contributed by atoms with E-state index in [0.29, 0.717) is 18.9 Å². The smallest absolute Gasteiger partial charge is 0.220 e. The maximum absolute atomic E-state index is 13.1. The maximum atomic E-state index is 13.1. The van der Waals surface area contributed by atoms with E-state index >= 15 is 0 Å². The first kappa shape index (κ1) is 15.0. The van der Waals surface area contributed by atoms with Crippen molar-refractivity contribution in [3.8, 4) is 0 Å². The SMILES string of the molecule is O=C(CCC1CCNC1)NCCc1c[nH]c2cc(F)ccc12. The molecule has 1 fully saturated rings. The average molecular weight is 303 g/mol. The van der Waals surface area contributed by atoms with Crippen LogP contribution in [-0.2, 0) is 11.2 Å². The van der Waals surface area contributed by atoms with Crippen molar-refractivity contribution in [1.29, 1.82) is 0 Å². The van der Waals surface area contributed by atoms with E-state index in [-0.39, 0.29) is 11.7 Å². The third-order valence-electron chi connectivity index (χ3n) is 4.39.